The molecule has 0 saturated carbocycles. The summed E-state index contributed by atoms with van der Waals surface area (Å²) in [5.41, 5.74) is 0. The fourth-order valence-electron chi connectivity index (χ4n) is 0.872. The first kappa shape index (κ1) is 9.98. The first-order valence-electron chi connectivity index (χ1n) is 3.87. The maximum atomic E-state index is 11.3. The highest BCUT2D eigenvalue weighted by atomic mass is 32.1. The van der Waals surface area contributed by atoms with Gasteiger partial charge in [0.25, 0.3) is 0 Å². The van der Waals surface area contributed by atoms with Gasteiger partial charge in [0.1, 0.15) is 0 Å². The molecule has 0 bridgehead atoms. The van der Waals surface area contributed by atoms with Gasteiger partial charge in [0.05, 0.1) is 18.7 Å². The molecule has 0 spiro atoms. The van der Waals surface area contributed by atoms with Crippen LogP contribution in [0.5, 0.6) is 5.88 Å². The molecule has 0 aliphatic heterocycles. The summed E-state index contributed by atoms with van der Waals surface area (Å²) in [6.45, 7) is 3.94. The zero-order valence-corrected chi connectivity index (χ0v) is 8.60. The van der Waals surface area contributed by atoms with Crippen LogP contribution in [0.2, 0.25) is 0 Å². The van der Waals surface area contributed by atoms with Gasteiger partial charge in [-0.15, -0.1) is 11.3 Å². The number of methoxy groups -OCH3 is 1. The van der Waals surface area contributed by atoms with Crippen LogP contribution in [0, 0.1) is 6.92 Å². The third-order valence-corrected chi connectivity index (χ3v) is 2.29. The van der Waals surface area contributed by atoms with E-state index in [9.17, 15) is 4.79 Å². The van der Waals surface area contributed by atoms with Gasteiger partial charge in [-0.3, -0.25) is 0 Å². The van der Waals surface area contributed by atoms with E-state index in [1.165, 1.54) is 18.4 Å². The molecule has 1 rings (SSSR count). The van der Waals surface area contributed by atoms with E-state index >= 15 is 0 Å². The molecule has 1 heterocycles. The Kier molecular flexibility index (Phi) is 3.25. The minimum Gasteiger partial charge on any atom is -0.480 e. The van der Waals surface area contributed by atoms with Gasteiger partial charge >= 0.3 is 5.97 Å². The molecule has 0 N–H and O–H groups in total. The summed E-state index contributed by atoms with van der Waals surface area (Å²) < 4.78 is 9.77. The van der Waals surface area contributed by atoms with Gasteiger partial charge in [0.15, 0.2) is 4.88 Å². The smallest absolute Gasteiger partial charge is 0.353 e. The van der Waals surface area contributed by atoms with Gasteiger partial charge in [0.2, 0.25) is 5.88 Å². The summed E-state index contributed by atoms with van der Waals surface area (Å²) >= 11 is 1.28. The van der Waals surface area contributed by atoms with Crippen molar-refractivity contribution in [1.82, 2.24) is 4.98 Å². The summed E-state index contributed by atoms with van der Waals surface area (Å²) in [6, 6.07) is 0. The molecule has 0 unspecified atom stereocenters. The largest absolute Gasteiger partial charge is 0.480 e. The van der Waals surface area contributed by atoms with Gasteiger partial charge in [0, 0.05) is 0 Å². The lowest BCUT2D eigenvalue weighted by molar-refractivity contribution is 0.0528. The Morgan fingerprint density at radius 2 is 2.31 bits per heavy atom. The number of ether oxygens (including phenoxy) is 2. The maximum Gasteiger partial charge on any atom is 0.353 e. The van der Waals surface area contributed by atoms with Crippen LogP contribution in [0.15, 0.2) is 0 Å². The van der Waals surface area contributed by atoms with Crippen molar-refractivity contribution in [1.29, 1.82) is 0 Å². The number of aromatic nitrogens is 1. The second kappa shape index (κ2) is 4.23. The Morgan fingerprint density at radius 3 is 2.85 bits per heavy atom. The van der Waals surface area contributed by atoms with E-state index in [1.807, 2.05) is 6.92 Å². The van der Waals surface area contributed by atoms with Crippen molar-refractivity contribution in [3.05, 3.63) is 9.88 Å². The minimum atomic E-state index is -0.370. The monoisotopic (exact) mass is 201 g/mol. The Labute approximate surface area is 80.5 Å². The third kappa shape index (κ3) is 2.18. The van der Waals surface area contributed by atoms with Crippen LogP contribution in [0.4, 0.5) is 0 Å². The van der Waals surface area contributed by atoms with Crippen molar-refractivity contribution in [2.45, 2.75) is 13.8 Å². The number of aryl methyl sites for hydroxylation is 1. The van der Waals surface area contributed by atoms with E-state index in [1.54, 1.807) is 6.92 Å². The highest BCUT2D eigenvalue weighted by molar-refractivity contribution is 7.13. The van der Waals surface area contributed by atoms with E-state index in [0.717, 1.165) is 5.01 Å². The Balaban J connectivity index is 2.91. The highest BCUT2D eigenvalue weighted by Crippen LogP contribution is 2.25. The standard InChI is InChI=1S/C8H11NO3S/c1-4-12-8(10)6-7(11-3)9-5(2)13-6/h4H2,1-3H3. The van der Waals surface area contributed by atoms with Crippen molar-refractivity contribution >= 4 is 17.3 Å². The first-order valence-corrected chi connectivity index (χ1v) is 4.69. The lowest BCUT2D eigenvalue weighted by Gasteiger charge is -1.99. The lowest BCUT2D eigenvalue weighted by Crippen LogP contribution is -2.04. The Morgan fingerprint density at radius 1 is 1.62 bits per heavy atom. The van der Waals surface area contributed by atoms with Crippen LogP contribution >= 0.6 is 11.3 Å². The van der Waals surface area contributed by atoms with Crippen molar-refractivity contribution in [3.8, 4) is 5.88 Å². The van der Waals surface area contributed by atoms with Gasteiger partial charge in [-0.1, -0.05) is 0 Å². The molecule has 1 aromatic heterocycles. The topological polar surface area (TPSA) is 48.4 Å². The normalized spacial score (nSPS) is 9.77. The minimum absolute atomic E-state index is 0.348. The first-order chi connectivity index (χ1) is 6.19. The SMILES string of the molecule is CCOC(=O)c1sc(C)nc1OC. The number of rotatable bonds is 3. The molecule has 0 saturated heterocycles. The molecule has 0 aliphatic carbocycles. The van der Waals surface area contributed by atoms with E-state index in [2.05, 4.69) is 4.98 Å². The van der Waals surface area contributed by atoms with Crippen molar-refractivity contribution in [2.75, 3.05) is 13.7 Å². The summed E-state index contributed by atoms with van der Waals surface area (Å²) in [7, 11) is 1.48. The maximum absolute atomic E-state index is 11.3. The van der Waals surface area contributed by atoms with E-state index in [4.69, 9.17) is 9.47 Å². The van der Waals surface area contributed by atoms with Crippen molar-refractivity contribution in [3.63, 3.8) is 0 Å². The number of nitrogens with zero attached hydrogens (tertiary/aromatic N) is 1. The number of carbonyl (C=O) groups excluding carboxylic acids is 1. The molecular formula is C8H11NO3S. The zero-order valence-electron chi connectivity index (χ0n) is 7.79. The Bertz CT molecular complexity index is 308. The molecule has 0 amide bonds. The van der Waals surface area contributed by atoms with Crippen molar-refractivity contribution in [2.24, 2.45) is 0 Å². The summed E-state index contributed by atoms with van der Waals surface area (Å²) in [5, 5.41) is 0.792. The molecule has 13 heavy (non-hydrogen) atoms. The van der Waals surface area contributed by atoms with Crippen molar-refractivity contribution < 1.29 is 14.3 Å². The zero-order chi connectivity index (χ0) is 9.84. The quantitative estimate of drug-likeness (QED) is 0.697. The molecule has 1 aromatic rings. The summed E-state index contributed by atoms with van der Waals surface area (Å²) in [6.07, 6.45) is 0. The average molecular weight is 201 g/mol. The molecule has 0 fully saturated rings. The molecule has 0 radical (unpaired) electrons. The molecule has 5 heteroatoms. The van der Waals surface area contributed by atoms with Crippen LogP contribution in [0.25, 0.3) is 0 Å². The van der Waals surface area contributed by atoms with Gasteiger partial charge in [-0.2, -0.15) is 0 Å². The molecule has 4 nitrogen and oxygen atoms in total. The number of carbonyl (C=O) groups is 1. The second-order valence-electron chi connectivity index (χ2n) is 2.29. The average Bonchev–Trinajstić information content (AvgIpc) is 2.47. The van der Waals surface area contributed by atoms with Crippen LogP contribution in [-0.2, 0) is 4.74 Å². The lowest BCUT2D eigenvalue weighted by atomic mass is 10.5. The van der Waals surface area contributed by atoms with E-state index < -0.39 is 0 Å². The van der Waals surface area contributed by atoms with Gasteiger partial charge in [-0.25, -0.2) is 9.78 Å². The fraction of sp³-hybridized carbons (Fsp3) is 0.500. The van der Waals surface area contributed by atoms with Crippen LogP contribution in [0.1, 0.15) is 21.6 Å². The molecule has 0 aromatic carbocycles. The number of hydrogen-bond acceptors (Lipinski definition) is 5. The van der Waals surface area contributed by atoms with E-state index in [0.29, 0.717) is 17.4 Å². The van der Waals surface area contributed by atoms with E-state index in [-0.39, 0.29) is 5.97 Å². The predicted octanol–water partition coefficient (Wildman–Crippen LogP) is 1.64. The van der Waals surface area contributed by atoms with Crippen LogP contribution in [-0.4, -0.2) is 24.7 Å². The highest BCUT2D eigenvalue weighted by Gasteiger charge is 2.18. The number of esters is 1. The second-order valence-corrected chi connectivity index (χ2v) is 3.49. The summed E-state index contributed by atoms with van der Waals surface area (Å²) in [4.78, 5) is 15.8. The fourth-order valence-corrected chi connectivity index (χ4v) is 1.65. The number of thiazole rings is 1. The molecular weight excluding hydrogens is 190 g/mol. The molecule has 72 valence electrons. The third-order valence-electron chi connectivity index (χ3n) is 1.36. The Hall–Kier alpha value is -1.10. The van der Waals surface area contributed by atoms with Gasteiger partial charge < -0.3 is 9.47 Å². The molecule has 0 aliphatic rings. The van der Waals surface area contributed by atoms with Crippen LogP contribution in [0.3, 0.4) is 0 Å². The number of hydrogen-bond donors (Lipinski definition) is 0. The molecule has 0 atom stereocenters. The summed E-state index contributed by atoms with van der Waals surface area (Å²) in [5.74, 6) is -0.0223. The predicted molar refractivity (Wildman–Crippen MR) is 49.4 cm³/mol. The van der Waals surface area contributed by atoms with Gasteiger partial charge in [-0.05, 0) is 13.8 Å². The van der Waals surface area contributed by atoms with Crippen LogP contribution < -0.4 is 4.74 Å².